The Kier molecular flexibility index (Phi) is 5.10. The van der Waals surface area contributed by atoms with Crippen LogP contribution in [-0.4, -0.2) is 48.5 Å². The number of nitrogens with one attached hydrogen (secondary N) is 1. The molecular formula is C22H21N3O6. The standard InChI is InChI=1S/C22H21N3O6/c1-13-5-2-3-6-15(13)19(26)25-18(17-7-4-8-31-17)16(20(27)28)10-22(25,21(29)30)9-14-11-23-12-24-14/h2-8,11-12,16,18H,9-10H2,1H3,(H,23,24)(H,27,28)(H,29,30). The molecule has 0 spiro atoms. The predicted octanol–water partition coefficient (Wildman–Crippen LogP) is 2.67. The minimum Gasteiger partial charge on any atom is -0.481 e. The lowest BCUT2D eigenvalue weighted by molar-refractivity contribution is -0.149. The van der Waals surface area contributed by atoms with Gasteiger partial charge >= 0.3 is 11.9 Å². The molecule has 1 amide bonds. The molecule has 1 aliphatic heterocycles. The molecule has 9 heteroatoms. The Balaban J connectivity index is 1.93. The molecule has 2 aromatic heterocycles. The molecule has 1 aliphatic rings. The summed E-state index contributed by atoms with van der Waals surface area (Å²) in [5.41, 5.74) is -0.369. The first-order valence-corrected chi connectivity index (χ1v) is 9.71. The lowest BCUT2D eigenvalue weighted by Gasteiger charge is -2.37. The third-order valence-electron chi connectivity index (χ3n) is 5.86. The summed E-state index contributed by atoms with van der Waals surface area (Å²) in [7, 11) is 0. The Morgan fingerprint density at radius 1 is 1.23 bits per heavy atom. The maximum absolute atomic E-state index is 13.8. The van der Waals surface area contributed by atoms with Crippen molar-refractivity contribution in [2.45, 2.75) is 31.3 Å². The number of hydrogen-bond acceptors (Lipinski definition) is 5. The van der Waals surface area contributed by atoms with Gasteiger partial charge in [0.05, 0.1) is 18.5 Å². The fourth-order valence-corrected chi connectivity index (χ4v) is 4.41. The number of aromatic amines is 1. The molecule has 160 valence electrons. The normalized spacial score (nSPS) is 23.1. The molecule has 1 fully saturated rings. The van der Waals surface area contributed by atoms with Gasteiger partial charge in [-0.05, 0) is 37.1 Å². The molecule has 31 heavy (non-hydrogen) atoms. The van der Waals surface area contributed by atoms with Crippen molar-refractivity contribution >= 4 is 17.8 Å². The van der Waals surface area contributed by atoms with Crippen LogP contribution in [0.15, 0.2) is 59.6 Å². The van der Waals surface area contributed by atoms with Gasteiger partial charge in [-0.1, -0.05) is 18.2 Å². The van der Waals surface area contributed by atoms with Crippen LogP contribution < -0.4 is 0 Å². The highest BCUT2D eigenvalue weighted by Crippen LogP contribution is 2.49. The Bertz CT molecular complexity index is 1110. The number of H-pyrrole nitrogens is 1. The van der Waals surface area contributed by atoms with Crippen molar-refractivity contribution in [1.29, 1.82) is 0 Å². The van der Waals surface area contributed by atoms with Gasteiger partial charge in [-0.2, -0.15) is 0 Å². The van der Waals surface area contributed by atoms with E-state index in [0.29, 0.717) is 16.8 Å². The van der Waals surface area contributed by atoms with E-state index in [-0.39, 0.29) is 18.6 Å². The van der Waals surface area contributed by atoms with Crippen molar-refractivity contribution in [2.24, 2.45) is 5.92 Å². The van der Waals surface area contributed by atoms with Crippen LogP contribution in [0.5, 0.6) is 0 Å². The van der Waals surface area contributed by atoms with Crippen LogP contribution in [0.25, 0.3) is 0 Å². The number of carbonyl (C=O) groups excluding carboxylic acids is 1. The van der Waals surface area contributed by atoms with E-state index in [4.69, 9.17) is 4.42 Å². The number of aromatic nitrogens is 2. The van der Waals surface area contributed by atoms with E-state index in [0.717, 1.165) is 0 Å². The topological polar surface area (TPSA) is 137 Å². The summed E-state index contributed by atoms with van der Waals surface area (Å²) in [5, 5.41) is 20.3. The zero-order valence-corrected chi connectivity index (χ0v) is 16.7. The molecule has 0 radical (unpaired) electrons. The van der Waals surface area contributed by atoms with Gasteiger partial charge in [-0.25, -0.2) is 9.78 Å². The molecule has 0 aliphatic carbocycles. The summed E-state index contributed by atoms with van der Waals surface area (Å²) in [6.45, 7) is 1.75. The molecule has 3 unspecified atom stereocenters. The van der Waals surface area contributed by atoms with E-state index >= 15 is 0 Å². The molecule has 3 aromatic rings. The quantitative estimate of drug-likeness (QED) is 0.554. The van der Waals surface area contributed by atoms with Crippen LogP contribution >= 0.6 is 0 Å². The van der Waals surface area contributed by atoms with E-state index in [1.54, 1.807) is 43.3 Å². The van der Waals surface area contributed by atoms with Crippen LogP contribution in [0.2, 0.25) is 0 Å². The Morgan fingerprint density at radius 3 is 2.58 bits per heavy atom. The second-order valence-electron chi connectivity index (χ2n) is 7.69. The average molecular weight is 423 g/mol. The first-order chi connectivity index (χ1) is 14.8. The fraction of sp³-hybridized carbons (Fsp3) is 0.273. The molecule has 1 saturated heterocycles. The van der Waals surface area contributed by atoms with Gasteiger partial charge in [0.2, 0.25) is 0 Å². The number of furan rings is 1. The molecular weight excluding hydrogens is 402 g/mol. The maximum Gasteiger partial charge on any atom is 0.330 e. The first kappa shape index (κ1) is 20.4. The van der Waals surface area contributed by atoms with Gasteiger partial charge in [0.15, 0.2) is 0 Å². The number of benzene rings is 1. The van der Waals surface area contributed by atoms with Crippen molar-refractivity contribution in [3.05, 3.63) is 77.8 Å². The fourth-order valence-electron chi connectivity index (χ4n) is 4.41. The highest BCUT2D eigenvalue weighted by molar-refractivity contribution is 6.00. The van der Waals surface area contributed by atoms with Crippen LogP contribution in [0.1, 0.15) is 39.8 Å². The molecule has 4 rings (SSSR count). The summed E-state index contributed by atoms with van der Waals surface area (Å²) in [4.78, 5) is 46.7. The predicted molar refractivity (Wildman–Crippen MR) is 107 cm³/mol. The number of aryl methyl sites for hydroxylation is 1. The third kappa shape index (κ3) is 3.37. The number of likely N-dealkylation sites (tertiary alicyclic amines) is 1. The van der Waals surface area contributed by atoms with Crippen molar-refractivity contribution in [3.8, 4) is 0 Å². The number of imidazole rings is 1. The van der Waals surface area contributed by atoms with Gasteiger partial charge in [0.25, 0.3) is 5.91 Å². The van der Waals surface area contributed by atoms with Crippen molar-refractivity contribution in [1.82, 2.24) is 14.9 Å². The van der Waals surface area contributed by atoms with Gasteiger partial charge in [0, 0.05) is 23.9 Å². The number of carboxylic acids is 2. The lowest BCUT2D eigenvalue weighted by atomic mass is 9.86. The number of carbonyl (C=O) groups is 3. The van der Waals surface area contributed by atoms with Crippen molar-refractivity contribution < 1.29 is 29.0 Å². The minimum atomic E-state index is -1.81. The highest BCUT2D eigenvalue weighted by Gasteiger charge is 2.62. The van der Waals surface area contributed by atoms with Crippen LogP contribution in [0, 0.1) is 12.8 Å². The largest absolute Gasteiger partial charge is 0.481 e. The van der Waals surface area contributed by atoms with Gasteiger partial charge < -0.3 is 24.5 Å². The van der Waals surface area contributed by atoms with E-state index < -0.39 is 35.3 Å². The number of rotatable bonds is 6. The smallest absolute Gasteiger partial charge is 0.330 e. The molecule has 3 heterocycles. The Labute approximate surface area is 177 Å². The van der Waals surface area contributed by atoms with Crippen LogP contribution in [0.4, 0.5) is 0 Å². The third-order valence-corrected chi connectivity index (χ3v) is 5.86. The summed E-state index contributed by atoms with van der Waals surface area (Å²) in [6, 6.07) is 8.87. The van der Waals surface area contributed by atoms with Crippen molar-refractivity contribution in [3.63, 3.8) is 0 Å². The molecule has 0 saturated carbocycles. The second kappa shape index (κ2) is 7.75. The highest BCUT2D eigenvalue weighted by atomic mass is 16.4. The summed E-state index contributed by atoms with van der Waals surface area (Å²) >= 11 is 0. The van der Waals surface area contributed by atoms with Gasteiger partial charge in [-0.15, -0.1) is 0 Å². The SMILES string of the molecule is Cc1ccccc1C(=O)N1C(c2ccco2)C(C(=O)O)CC1(Cc1cnc[nH]1)C(=O)O. The molecule has 0 bridgehead atoms. The Morgan fingerprint density at radius 2 is 2.00 bits per heavy atom. The molecule has 3 atom stereocenters. The number of amides is 1. The van der Waals surface area contributed by atoms with Gasteiger partial charge in [0.1, 0.15) is 17.3 Å². The number of nitrogens with zero attached hydrogens (tertiary/aromatic N) is 2. The Hall–Kier alpha value is -3.88. The number of aliphatic carboxylic acids is 2. The van der Waals surface area contributed by atoms with E-state index in [9.17, 15) is 24.6 Å². The van der Waals surface area contributed by atoms with Gasteiger partial charge in [-0.3, -0.25) is 9.59 Å². The monoisotopic (exact) mass is 423 g/mol. The van der Waals surface area contributed by atoms with Crippen LogP contribution in [-0.2, 0) is 16.0 Å². The van der Waals surface area contributed by atoms with E-state index in [1.165, 1.54) is 23.7 Å². The molecule has 9 nitrogen and oxygen atoms in total. The molecule has 3 N–H and O–H groups in total. The number of carboxylic acid groups (broad SMARTS) is 2. The van der Waals surface area contributed by atoms with Crippen molar-refractivity contribution in [2.75, 3.05) is 0 Å². The lowest BCUT2D eigenvalue weighted by Crippen LogP contribution is -2.55. The number of hydrogen-bond donors (Lipinski definition) is 3. The van der Waals surface area contributed by atoms with E-state index in [2.05, 4.69) is 9.97 Å². The minimum absolute atomic E-state index is 0.124. The summed E-state index contributed by atoms with van der Waals surface area (Å²) < 4.78 is 5.48. The first-order valence-electron chi connectivity index (χ1n) is 9.71. The summed E-state index contributed by atoms with van der Waals surface area (Å²) in [5.74, 6) is -3.99. The molecule has 1 aromatic carbocycles. The average Bonchev–Trinajstić information content (AvgIpc) is 3.48. The maximum atomic E-state index is 13.8. The summed E-state index contributed by atoms with van der Waals surface area (Å²) in [6.07, 6.45) is 3.85. The van der Waals surface area contributed by atoms with Crippen LogP contribution in [0.3, 0.4) is 0 Å². The second-order valence-corrected chi connectivity index (χ2v) is 7.69. The van der Waals surface area contributed by atoms with E-state index in [1.807, 2.05) is 0 Å². The zero-order valence-electron chi connectivity index (χ0n) is 16.7. The zero-order chi connectivity index (χ0) is 22.2.